The van der Waals surface area contributed by atoms with Crippen LogP contribution in [0.5, 0.6) is 0 Å². The van der Waals surface area contributed by atoms with Crippen molar-refractivity contribution < 1.29 is 14.3 Å². The Hall–Kier alpha value is -0.300. The number of hydrogen-bond acceptors (Lipinski definition) is 3. The SMILES string of the molecule is CC1=C(I)O[C@@]2(CCOC2)C(=O)N1. The Labute approximate surface area is 89.8 Å². The largest absolute Gasteiger partial charge is 0.467 e. The highest BCUT2D eigenvalue weighted by molar-refractivity contribution is 14.1. The van der Waals surface area contributed by atoms with Gasteiger partial charge in [0.05, 0.1) is 18.9 Å². The van der Waals surface area contributed by atoms with Crippen molar-refractivity contribution in [3.8, 4) is 0 Å². The van der Waals surface area contributed by atoms with Crippen LogP contribution in [0, 0.1) is 0 Å². The third kappa shape index (κ3) is 1.43. The van der Waals surface area contributed by atoms with Crippen LogP contribution in [0.3, 0.4) is 0 Å². The van der Waals surface area contributed by atoms with Gasteiger partial charge in [0, 0.05) is 29.0 Å². The molecule has 72 valence electrons. The van der Waals surface area contributed by atoms with E-state index in [9.17, 15) is 4.79 Å². The van der Waals surface area contributed by atoms with E-state index < -0.39 is 5.60 Å². The van der Waals surface area contributed by atoms with Crippen molar-refractivity contribution in [2.45, 2.75) is 18.9 Å². The van der Waals surface area contributed by atoms with Gasteiger partial charge < -0.3 is 14.8 Å². The van der Waals surface area contributed by atoms with Crippen LogP contribution in [0.25, 0.3) is 0 Å². The third-order valence-electron chi connectivity index (χ3n) is 2.28. The summed E-state index contributed by atoms with van der Waals surface area (Å²) in [5.41, 5.74) is 0.0267. The normalized spacial score (nSPS) is 33.5. The van der Waals surface area contributed by atoms with Crippen LogP contribution in [0.15, 0.2) is 9.46 Å². The number of ether oxygens (including phenoxy) is 2. The van der Waals surface area contributed by atoms with E-state index in [4.69, 9.17) is 9.47 Å². The molecule has 2 aliphatic heterocycles. The number of amides is 1. The summed E-state index contributed by atoms with van der Waals surface area (Å²) in [6.07, 6.45) is 0.638. The van der Waals surface area contributed by atoms with Crippen LogP contribution >= 0.6 is 22.6 Å². The molecule has 2 heterocycles. The highest BCUT2D eigenvalue weighted by atomic mass is 127. The van der Waals surface area contributed by atoms with Gasteiger partial charge in [0.15, 0.2) is 3.77 Å². The summed E-state index contributed by atoms with van der Waals surface area (Å²) in [7, 11) is 0. The molecule has 4 nitrogen and oxygen atoms in total. The fourth-order valence-electron chi connectivity index (χ4n) is 1.43. The Morgan fingerprint density at radius 3 is 3.00 bits per heavy atom. The van der Waals surface area contributed by atoms with Gasteiger partial charge in [0.2, 0.25) is 5.60 Å². The molecular formula is C8H10INO3. The second kappa shape index (κ2) is 3.13. The lowest BCUT2D eigenvalue weighted by atomic mass is 10.0. The van der Waals surface area contributed by atoms with E-state index in [-0.39, 0.29) is 5.91 Å². The molecule has 5 heteroatoms. The van der Waals surface area contributed by atoms with E-state index in [1.807, 2.05) is 6.92 Å². The van der Waals surface area contributed by atoms with Gasteiger partial charge in [-0.05, 0) is 6.92 Å². The highest BCUT2D eigenvalue weighted by Crippen LogP contribution is 2.32. The van der Waals surface area contributed by atoms with E-state index in [0.29, 0.717) is 19.6 Å². The maximum Gasteiger partial charge on any atom is 0.271 e. The van der Waals surface area contributed by atoms with E-state index in [1.54, 1.807) is 0 Å². The van der Waals surface area contributed by atoms with E-state index in [2.05, 4.69) is 27.9 Å². The zero-order valence-corrected chi connectivity index (χ0v) is 9.38. The molecular weight excluding hydrogens is 285 g/mol. The maximum absolute atomic E-state index is 11.6. The Balaban J connectivity index is 2.28. The van der Waals surface area contributed by atoms with Crippen molar-refractivity contribution in [3.05, 3.63) is 9.46 Å². The van der Waals surface area contributed by atoms with Crippen molar-refractivity contribution in [1.82, 2.24) is 5.32 Å². The first-order chi connectivity index (χ1) is 6.14. The van der Waals surface area contributed by atoms with Gasteiger partial charge in [-0.2, -0.15) is 0 Å². The molecule has 0 saturated carbocycles. The van der Waals surface area contributed by atoms with Gasteiger partial charge in [-0.3, -0.25) is 4.79 Å². The van der Waals surface area contributed by atoms with Crippen LogP contribution < -0.4 is 5.32 Å². The number of nitrogens with one attached hydrogen (secondary N) is 1. The second-order valence-corrected chi connectivity index (χ2v) is 4.23. The molecule has 2 aliphatic rings. The molecule has 0 aliphatic carbocycles. The molecule has 1 N–H and O–H groups in total. The fourth-order valence-corrected chi connectivity index (χ4v) is 1.99. The number of carbonyl (C=O) groups is 1. The lowest BCUT2D eigenvalue weighted by Crippen LogP contribution is -2.51. The van der Waals surface area contributed by atoms with Gasteiger partial charge >= 0.3 is 0 Å². The zero-order chi connectivity index (χ0) is 9.47. The van der Waals surface area contributed by atoms with E-state index in [0.717, 1.165) is 9.46 Å². The highest BCUT2D eigenvalue weighted by Gasteiger charge is 2.47. The van der Waals surface area contributed by atoms with Gasteiger partial charge in [-0.15, -0.1) is 0 Å². The Kier molecular flexibility index (Phi) is 2.23. The summed E-state index contributed by atoms with van der Waals surface area (Å²) in [4.78, 5) is 11.6. The molecule has 1 saturated heterocycles. The molecule has 2 rings (SSSR count). The van der Waals surface area contributed by atoms with Crippen LogP contribution in [-0.2, 0) is 14.3 Å². The monoisotopic (exact) mass is 295 g/mol. The summed E-state index contributed by atoms with van der Waals surface area (Å²) < 4.78 is 11.5. The number of halogens is 1. The van der Waals surface area contributed by atoms with E-state index in [1.165, 1.54) is 0 Å². The van der Waals surface area contributed by atoms with Crippen molar-refractivity contribution in [2.75, 3.05) is 13.2 Å². The fraction of sp³-hybridized carbons (Fsp3) is 0.625. The maximum atomic E-state index is 11.6. The molecule has 0 aromatic heterocycles. The number of hydrogen-bond donors (Lipinski definition) is 1. The molecule has 0 aromatic rings. The van der Waals surface area contributed by atoms with Crippen LogP contribution in [-0.4, -0.2) is 24.7 Å². The third-order valence-corrected chi connectivity index (χ3v) is 3.31. The standard InChI is InChI=1S/C8H10INO3/c1-5-6(9)13-8(7(11)10-5)2-3-12-4-8/h2-4H2,1H3,(H,10,11)/t8-/m1/s1. The lowest BCUT2D eigenvalue weighted by molar-refractivity contribution is -0.142. The Bertz CT molecular complexity index is 281. The zero-order valence-electron chi connectivity index (χ0n) is 7.22. The summed E-state index contributed by atoms with van der Waals surface area (Å²) in [5, 5.41) is 2.79. The smallest absolute Gasteiger partial charge is 0.271 e. The van der Waals surface area contributed by atoms with Gasteiger partial charge in [-0.1, -0.05) is 0 Å². The van der Waals surface area contributed by atoms with Gasteiger partial charge in [0.1, 0.15) is 0 Å². The van der Waals surface area contributed by atoms with E-state index >= 15 is 0 Å². The van der Waals surface area contributed by atoms with Crippen molar-refractivity contribution >= 4 is 28.5 Å². The molecule has 1 amide bonds. The number of carbonyl (C=O) groups excluding carboxylic acids is 1. The molecule has 1 atom stereocenters. The van der Waals surface area contributed by atoms with Gasteiger partial charge in [-0.25, -0.2) is 0 Å². The number of rotatable bonds is 0. The lowest BCUT2D eigenvalue weighted by Gasteiger charge is -2.32. The Morgan fingerprint density at radius 1 is 1.62 bits per heavy atom. The molecule has 13 heavy (non-hydrogen) atoms. The minimum atomic E-state index is -0.754. The summed E-state index contributed by atoms with van der Waals surface area (Å²) in [6.45, 7) is 2.78. The van der Waals surface area contributed by atoms with Crippen LogP contribution in [0.1, 0.15) is 13.3 Å². The number of allylic oxidation sites excluding steroid dienone is 1. The van der Waals surface area contributed by atoms with Crippen LogP contribution in [0.2, 0.25) is 0 Å². The minimum absolute atomic E-state index is 0.0806. The molecule has 0 bridgehead atoms. The van der Waals surface area contributed by atoms with Crippen molar-refractivity contribution in [2.24, 2.45) is 0 Å². The molecule has 1 spiro atoms. The Morgan fingerprint density at radius 2 is 2.38 bits per heavy atom. The predicted octanol–water partition coefficient (Wildman–Crippen LogP) is 0.916. The first-order valence-electron chi connectivity index (χ1n) is 4.09. The summed E-state index contributed by atoms with van der Waals surface area (Å²) in [5.74, 6) is -0.0806. The van der Waals surface area contributed by atoms with Gasteiger partial charge in [0.25, 0.3) is 5.91 Å². The molecule has 0 radical (unpaired) electrons. The summed E-state index contributed by atoms with van der Waals surface area (Å²) >= 11 is 2.08. The average Bonchev–Trinajstić information content (AvgIpc) is 2.51. The first-order valence-corrected chi connectivity index (χ1v) is 5.16. The molecule has 1 fully saturated rings. The second-order valence-electron chi connectivity index (χ2n) is 3.25. The molecule has 0 unspecified atom stereocenters. The average molecular weight is 295 g/mol. The molecule has 0 aromatic carbocycles. The minimum Gasteiger partial charge on any atom is -0.467 e. The summed E-state index contributed by atoms with van der Waals surface area (Å²) in [6, 6.07) is 0. The predicted molar refractivity (Wildman–Crippen MR) is 54.1 cm³/mol. The van der Waals surface area contributed by atoms with Crippen molar-refractivity contribution in [3.63, 3.8) is 0 Å². The first kappa shape index (κ1) is 9.26. The van der Waals surface area contributed by atoms with Crippen LogP contribution in [0.4, 0.5) is 0 Å². The topological polar surface area (TPSA) is 47.6 Å². The quantitative estimate of drug-likeness (QED) is 0.676. The van der Waals surface area contributed by atoms with Crippen molar-refractivity contribution in [1.29, 1.82) is 0 Å².